The zero-order chi connectivity index (χ0) is 23.5. The largest absolute Gasteiger partial charge is 0.484 e. The van der Waals surface area contributed by atoms with E-state index in [1.165, 1.54) is 24.1 Å². The molecule has 2 aromatic rings. The second kappa shape index (κ2) is 9.42. The fourth-order valence-electron chi connectivity index (χ4n) is 3.51. The van der Waals surface area contributed by atoms with Crippen molar-refractivity contribution in [3.05, 3.63) is 76.7 Å². The fraction of sp³-hybridized carbons (Fsp3) is 0.360. The van der Waals surface area contributed by atoms with Gasteiger partial charge >= 0.3 is 12.0 Å². The Kier molecular flexibility index (Phi) is 6.87. The predicted octanol–water partition coefficient (Wildman–Crippen LogP) is 4.72. The lowest BCUT2D eigenvalue weighted by Crippen LogP contribution is -2.48. The van der Waals surface area contributed by atoms with Crippen LogP contribution in [0, 0.1) is 5.82 Å². The summed E-state index contributed by atoms with van der Waals surface area (Å²) >= 11 is 0. The van der Waals surface area contributed by atoms with Crippen molar-refractivity contribution in [3.63, 3.8) is 0 Å². The van der Waals surface area contributed by atoms with Crippen molar-refractivity contribution in [3.8, 4) is 5.75 Å². The summed E-state index contributed by atoms with van der Waals surface area (Å²) in [6.45, 7) is 8.06. The van der Waals surface area contributed by atoms with Crippen LogP contribution < -0.4 is 10.1 Å². The van der Waals surface area contributed by atoms with Gasteiger partial charge in [0.05, 0.1) is 23.9 Å². The molecule has 2 amide bonds. The summed E-state index contributed by atoms with van der Waals surface area (Å²) in [5.74, 6) is -1.05. The number of amides is 2. The van der Waals surface area contributed by atoms with Crippen molar-refractivity contribution in [2.75, 3.05) is 20.3 Å². The zero-order valence-corrected chi connectivity index (χ0v) is 19.1. The molecule has 1 heterocycles. The molecule has 0 saturated heterocycles. The van der Waals surface area contributed by atoms with Crippen molar-refractivity contribution >= 4 is 12.0 Å². The summed E-state index contributed by atoms with van der Waals surface area (Å²) in [6.07, 6.45) is 0. The number of hydrogen-bond acceptors (Lipinski definition) is 4. The Bertz CT molecular complexity index is 1020. The van der Waals surface area contributed by atoms with Gasteiger partial charge in [0.1, 0.15) is 6.61 Å². The Morgan fingerprint density at radius 1 is 1.12 bits per heavy atom. The molecule has 1 aliphatic heterocycles. The van der Waals surface area contributed by atoms with Crippen LogP contribution in [0.1, 0.15) is 44.9 Å². The third kappa shape index (κ3) is 4.93. The summed E-state index contributed by atoms with van der Waals surface area (Å²) in [5.41, 5.74) is 2.41. The maximum Gasteiger partial charge on any atom is 0.338 e. The highest BCUT2D eigenvalue weighted by Gasteiger charge is 2.37. The van der Waals surface area contributed by atoms with Crippen LogP contribution in [0.3, 0.4) is 0 Å². The number of carbonyl (C=O) groups is 2. The number of likely N-dealkylation sites (N-methyl/N-ethyl adjacent to an activating group) is 1. The van der Waals surface area contributed by atoms with Gasteiger partial charge in [-0.3, -0.25) is 4.90 Å². The van der Waals surface area contributed by atoms with E-state index in [4.69, 9.17) is 9.47 Å². The van der Waals surface area contributed by atoms with Crippen molar-refractivity contribution in [1.82, 2.24) is 10.2 Å². The molecule has 170 valence electrons. The molecule has 1 N–H and O–H groups in total. The van der Waals surface area contributed by atoms with Gasteiger partial charge in [0.15, 0.2) is 11.6 Å². The lowest BCUT2D eigenvalue weighted by atomic mass is 9.85. The lowest BCUT2D eigenvalue weighted by Gasteiger charge is -2.34. The summed E-state index contributed by atoms with van der Waals surface area (Å²) in [4.78, 5) is 27.0. The topological polar surface area (TPSA) is 67.9 Å². The average Bonchev–Trinajstić information content (AvgIpc) is 2.75. The van der Waals surface area contributed by atoms with Gasteiger partial charge in [-0.05, 0) is 35.6 Å². The van der Waals surface area contributed by atoms with Gasteiger partial charge in [-0.25, -0.2) is 14.0 Å². The minimum atomic E-state index is -0.717. The van der Waals surface area contributed by atoms with E-state index in [2.05, 4.69) is 26.1 Å². The van der Waals surface area contributed by atoms with E-state index in [0.717, 1.165) is 11.1 Å². The first kappa shape index (κ1) is 23.3. The maximum atomic E-state index is 14.0. The number of halogens is 1. The average molecular weight is 441 g/mol. The van der Waals surface area contributed by atoms with E-state index >= 15 is 0 Å². The smallest absolute Gasteiger partial charge is 0.338 e. The molecule has 7 heteroatoms. The number of ether oxygens (including phenoxy) is 2. The summed E-state index contributed by atoms with van der Waals surface area (Å²) in [6, 6.07) is 12.6. The monoisotopic (exact) mass is 440 g/mol. The summed E-state index contributed by atoms with van der Waals surface area (Å²) < 4.78 is 25.0. The van der Waals surface area contributed by atoms with E-state index in [9.17, 15) is 14.0 Å². The number of esters is 1. The van der Waals surface area contributed by atoms with Gasteiger partial charge in [-0.1, -0.05) is 57.2 Å². The van der Waals surface area contributed by atoms with Gasteiger partial charge in [-0.2, -0.15) is 0 Å². The molecule has 0 fully saturated rings. The first-order valence-electron chi connectivity index (χ1n) is 10.6. The quantitative estimate of drug-likeness (QED) is 0.661. The standard InChI is InChI=1S/C25H29FN2O4/c1-6-31-23(29)21-19(15-32-20-10-8-7-9-18(20)26)28(5)24(30)27-22(21)16-11-13-17(14-12-16)25(2,3)4/h7-14,22H,6,15H2,1-5H3,(H,27,30)/t22-/m1/s1. The number of nitrogens with zero attached hydrogens (tertiary/aromatic N) is 1. The first-order valence-corrected chi connectivity index (χ1v) is 10.6. The van der Waals surface area contributed by atoms with Gasteiger partial charge in [-0.15, -0.1) is 0 Å². The molecule has 1 aliphatic rings. The zero-order valence-electron chi connectivity index (χ0n) is 19.1. The van der Waals surface area contributed by atoms with Crippen LogP contribution >= 0.6 is 0 Å². The predicted molar refractivity (Wildman–Crippen MR) is 120 cm³/mol. The normalized spacial score (nSPS) is 16.6. The fourth-order valence-corrected chi connectivity index (χ4v) is 3.51. The molecule has 0 unspecified atom stereocenters. The van der Waals surface area contributed by atoms with Crippen LogP contribution in [0.15, 0.2) is 59.8 Å². The molecule has 2 aromatic carbocycles. The Hall–Kier alpha value is -3.35. The molecule has 0 aromatic heterocycles. The van der Waals surface area contributed by atoms with Gasteiger partial charge in [0, 0.05) is 7.05 Å². The first-order chi connectivity index (χ1) is 15.1. The van der Waals surface area contributed by atoms with Crippen LogP contribution in [-0.2, 0) is 14.9 Å². The molecule has 3 rings (SSSR count). The van der Waals surface area contributed by atoms with E-state index in [0.29, 0.717) is 5.70 Å². The minimum Gasteiger partial charge on any atom is -0.484 e. The third-order valence-electron chi connectivity index (χ3n) is 5.38. The van der Waals surface area contributed by atoms with E-state index in [1.807, 2.05) is 24.3 Å². The molecule has 0 bridgehead atoms. The second-order valence-electron chi connectivity index (χ2n) is 8.61. The molecule has 32 heavy (non-hydrogen) atoms. The van der Waals surface area contributed by atoms with Crippen LogP contribution in [0.4, 0.5) is 9.18 Å². The summed E-state index contributed by atoms with van der Waals surface area (Å²) in [5, 5.41) is 2.87. The molecular weight excluding hydrogens is 411 g/mol. The van der Waals surface area contributed by atoms with Crippen molar-refractivity contribution in [2.45, 2.75) is 39.2 Å². The number of benzene rings is 2. The number of nitrogens with one attached hydrogen (secondary N) is 1. The van der Waals surface area contributed by atoms with Crippen LogP contribution in [0.5, 0.6) is 5.75 Å². The third-order valence-corrected chi connectivity index (χ3v) is 5.38. The SMILES string of the molecule is CCOC(=O)C1=C(COc2ccccc2F)N(C)C(=O)N[C@@H]1c1ccc(C(C)(C)C)cc1. The number of rotatable bonds is 6. The molecule has 1 atom stereocenters. The van der Waals surface area contributed by atoms with Gasteiger partial charge < -0.3 is 14.8 Å². The number of urea groups is 1. The number of hydrogen-bond donors (Lipinski definition) is 1. The highest BCUT2D eigenvalue weighted by atomic mass is 19.1. The minimum absolute atomic E-state index is 0.0346. The molecule has 0 spiro atoms. The number of carbonyl (C=O) groups excluding carboxylic acids is 2. The summed E-state index contributed by atoms with van der Waals surface area (Å²) in [7, 11) is 1.54. The maximum absolute atomic E-state index is 14.0. The van der Waals surface area contributed by atoms with Gasteiger partial charge in [0.25, 0.3) is 0 Å². The molecule has 0 aliphatic carbocycles. The van der Waals surface area contributed by atoms with Crippen LogP contribution in [0.2, 0.25) is 0 Å². The molecule has 0 saturated carbocycles. The van der Waals surface area contributed by atoms with Crippen molar-refractivity contribution in [2.24, 2.45) is 0 Å². The number of para-hydroxylation sites is 1. The highest BCUT2D eigenvalue weighted by molar-refractivity contribution is 5.95. The van der Waals surface area contributed by atoms with Crippen LogP contribution in [-0.4, -0.2) is 37.2 Å². The van der Waals surface area contributed by atoms with E-state index in [-0.39, 0.29) is 30.0 Å². The molecule has 6 nitrogen and oxygen atoms in total. The Balaban J connectivity index is 2.04. The lowest BCUT2D eigenvalue weighted by molar-refractivity contribution is -0.139. The molecular formula is C25H29FN2O4. The Labute approximate surface area is 188 Å². The Morgan fingerprint density at radius 3 is 2.38 bits per heavy atom. The van der Waals surface area contributed by atoms with Gasteiger partial charge in [0.2, 0.25) is 0 Å². The van der Waals surface area contributed by atoms with Crippen LogP contribution in [0.25, 0.3) is 0 Å². The van der Waals surface area contributed by atoms with E-state index < -0.39 is 23.9 Å². The second-order valence-corrected chi connectivity index (χ2v) is 8.61. The Morgan fingerprint density at radius 2 is 1.78 bits per heavy atom. The van der Waals surface area contributed by atoms with Crippen molar-refractivity contribution < 1.29 is 23.5 Å². The highest BCUT2D eigenvalue weighted by Crippen LogP contribution is 2.33. The molecule has 0 radical (unpaired) electrons. The van der Waals surface area contributed by atoms with Crippen molar-refractivity contribution in [1.29, 1.82) is 0 Å². The van der Waals surface area contributed by atoms with E-state index in [1.54, 1.807) is 19.1 Å².